The van der Waals surface area contributed by atoms with Crippen molar-refractivity contribution >= 4 is 11.8 Å². The second kappa shape index (κ2) is 4.02. The lowest BCUT2D eigenvalue weighted by molar-refractivity contribution is -0.127. The number of hydrogen-bond acceptors (Lipinski definition) is 5. The number of rotatable bonds is 2. The molecule has 1 saturated heterocycles. The van der Waals surface area contributed by atoms with Crippen LogP contribution in [0.4, 0.5) is 0 Å². The Bertz CT molecular complexity index is 659. The lowest BCUT2D eigenvalue weighted by Gasteiger charge is -2.39. The van der Waals surface area contributed by atoms with E-state index in [4.69, 9.17) is 5.84 Å². The lowest BCUT2D eigenvalue weighted by atomic mass is 9.87. The monoisotopic (exact) mass is 289 g/mol. The number of nitrogens with zero attached hydrogens (tertiary/aromatic N) is 2. The van der Waals surface area contributed by atoms with Crippen LogP contribution in [0.25, 0.3) is 0 Å². The first-order valence-corrected chi connectivity index (χ1v) is 6.91. The van der Waals surface area contributed by atoms with Gasteiger partial charge in [0.15, 0.2) is 0 Å². The molecule has 112 valence electrons. The molecule has 0 saturated carbocycles. The van der Waals surface area contributed by atoms with E-state index >= 15 is 0 Å². The molecule has 4 N–H and O–H groups in total. The number of nitrogens with two attached hydrogens (primary N) is 1. The Balaban J connectivity index is 2.28. The number of carbonyl (C=O) groups is 2. The molecule has 0 radical (unpaired) electrons. The van der Waals surface area contributed by atoms with Crippen molar-refractivity contribution < 1.29 is 9.59 Å². The van der Waals surface area contributed by atoms with Gasteiger partial charge in [-0.05, 0) is 31.4 Å². The van der Waals surface area contributed by atoms with Gasteiger partial charge < -0.3 is 5.32 Å². The van der Waals surface area contributed by atoms with Gasteiger partial charge in [-0.25, -0.2) is 5.43 Å². The molecular formula is C14H19N5O2. The Morgan fingerprint density at radius 1 is 1.43 bits per heavy atom. The molecule has 1 aromatic heterocycles. The predicted octanol–water partition coefficient (Wildman–Crippen LogP) is -0.0361. The van der Waals surface area contributed by atoms with Gasteiger partial charge in [-0.3, -0.25) is 25.3 Å². The Kier molecular flexibility index (Phi) is 2.67. The zero-order chi connectivity index (χ0) is 15.6. The zero-order valence-corrected chi connectivity index (χ0v) is 12.5. The maximum Gasteiger partial charge on any atom is 0.260 e. The van der Waals surface area contributed by atoms with E-state index in [2.05, 4.69) is 15.7 Å². The minimum atomic E-state index is -1.27. The molecule has 2 aliphatic heterocycles. The Morgan fingerprint density at radius 2 is 2.10 bits per heavy atom. The Hall–Kier alpha value is -1.99. The molecule has 2 atom stereocenters. The number of nitrogens with one attached hydrogen (secondary N) is 2. The smallest absolute Gasteiger partial charge is 0.260 e. The van der Waals surface area contributed by atoms with E-state index in [1.807, 2.05) is 20.8 Å². The third kappa shape index (κ3) is 1.42. The molecule has 1 fully saturated rings. The molecular weight excluding hydrogens is 270 g/mol. The fourth-order valence-electron chi connectivity index (χ4n) is 3.16. The summed E-state index contributed by atoms with van der Waals surface area (Å²) < 4.78 is 0. The van der Waals surface area contributed by atoms with Gasteiger partial charge in [0, 0.05) is 6.20 Å². The van der Waals surface area contributed by atoms with E-state index in [1.165, 1.54) is 4.90 Å². The third-order valence-corrected chi connectivity index (χ3v) is 4.69. The zero-order valence-electron chi connectivity index (χ0n) is 12.5. The van der Waals surface area contributed by atoms with Crippen LogP contribution in [0.3, 0.4) is 0 Å². The number of hydrazine groups is 1. The molecule has 2 amide bonds. The molecule has 0 aliphatic carbocycles. The van der Waals surface area contributed by atoms with Gasteiger partial charge >= 0.3 is 0 Å². The van der Waals surface area contributed by atoms with Crippen molar-refractivity contribution in [1.29, 1.82) is 0 Å². The summed E-state index contributed by atoms with van der Waals surface area (Å²) in [4.78, 5) is 31.2. The summed E-state index contributed by atoms with van der Waals surface area (Å²) in [5.74, 6) is 3.88. The second-order valence-corrected chi connectivity index (χ2v) is 6.16. The van der Waals surface area contributed by atoms with E-state index in [9.17, 15) is 9.59 Å². The summed E-state index contributed by atoms with van der Waals surface area (Å²) in [6, 6.07) is 1.77. The molecule has 1 aromatic rings. The van der Waals surface area contributed by atoms with Gasteiger partial charge in [0.05, 0.1) is 5.56 Å². The van der Waals surface area contributed by atoms with Crippen molar-refractivity contribution in [3.8, 4) is 0 Å². The van der Waals surface area contributed by atoms with Crippen LogP contribution in [0, 0.1) is 12.8 Å². The van der Waals surface area contributed by atoms with Crippen molar-refractivity contribution in [1.82, 2.24) is 20.6 Å². The van der Waals surface area contributed by atoms with Gasteiger partial charge in [-0.2, -0.15) is 0 Å². The average molecular weight is 289 g/mol. The first-order chi connectivity index (χ1) is 9.79. The molecule has 0 bridgehead atoms. The maximum atomic E-state index is 12.9. The van der Waals surface area contributed by atoms with Crippen molar-refractivity contribution in [2.45, 2.75) is 39.0 Å². The highest BCUT2D eigenvalue weighted by molar-refractivity contribution is 6.06. The second-order valence-electron chi connectivity index (χ2n) is 6.16. The first-order valence-electron chi connectivity index (χ1n) is 6.91. The SMILES string of the molecule is Cc1cnc2c(c1)C(=O)N1C2(NN)NC(=O)C1(C)C(C)C. The topological polar surface area (TPSA) is 100 Å². The van der Waals surface area contributed by atoms with E-state index in [-0.39, 0.29) is 17.7 Å². The van der Waals surface area contributed by atoms with Crippen LogP contribution in [0.2, 0.25) is 0 Å². The molecule has 7 nitrogen and oxygen atoms in total. The fraction of sp³-hybridized carbons (Fsp3) is 0.500. The summed E-state index contributed by atoms with van der Waals surface area (Å²) >= 11 is 0. The number of aryl methyl sites for hydroxylation is 1. The number of hydrogen-bond donors (Lipinski definition) is 3. The molecule has 3 heterocycles. The molecule has 2 aliphatic rings. The largest absolute Gasteiger partial charge is 0.312 e. The highest BCUT2D eigenvalue weighted by Gasteiger charge is 2.67. The summed E-state index contributed by atoms with van der Waals surface area (Å²) in [7, 11) is 0. The van der Waals surface area contributed by atoms with E-state index in [0.29, 0.717) is 11.3 Å². The van der Waals surface area contributed by atoms with Crippen molar-refractivity contribution in [2.75, 3.05) is 0 Å². The van der Waals surface area contributed by atoms with Crippen LogP contribution < -0.4 is 16.6 Å². The number of amides is 2. The fourth-order valence-corrected chi connectivity index (χ4v) is 3.16. The summed E-state index contributed by atoms with van der Waals surface area (Å²) in [6.45, 7) is 7.43. The van der Waals surface area contributed by atoms with Crippen LogP contribution in [-0.4, -0.2) is 27.2 Å². The molecule has 0 aromatic carbocycles. The van der Waals surface area contributed by atoms with Crippen molar-refractivity contribution in [3.63, 3.8) is 0 Å². The van der Waals surface area contributed by atoms with Crippen LogP contribution in [0.5, 0.6) is 0 Å². The van der Waals surface area contributed by atoms with Gasteiger partial charge in [0.25, 0.3) is 5.91 Å². The molecule has 3 rings (SSSR count). The van der Waals surface area contributed by atoms with Gasteiger partial charge in [0.1, 0.15) is 11.2 Å². The first kappa shape index (κ1) is 14.0. The number of pyridine rings is 1. The normalized spacial score (nSPS) is 30.7. The van der Waals surface area contributed by atoms with E-state index in [1.54, 1.807) is 19.2 Å². The van der Waals surface area contributed by atoms with Crippen LogP contribution in [0.15, 0.2) is 12.3 Å². The highest BCUT2D eigenvalue weighted by atomic mass is 16.2. The number of fused-ring (bicyclic) bond motifs is 3. The van der Waals surface area contributed by atoms with Crippen LogP contribution >= 0.6 is 0 Å². The highest BCUT2D eigenvalue weighted by Crippen LogP contribution is 2.46. The standard InChI is InChI=1S/C14H19N5O2/c1-7(2)13(4)12(21)17-14(18-15)10-9(11(20)19(13)14)5-8(3)6-16-10/h5-7,18H,15H2,1-4H3,(H,17,21). The van der Waals surface area contributed by atoms with E-state index < -0.39 is 11.3 Å². The Morgan fingerprint density at radius 3 is 2.67 bits per heavy atom. The molecule has 0 spiro atoms. The van der Waals surface area contributed by atoms with Gasteiger partial charge in [0.2, 0.25) is 11.7 Å². The number of aromatic nitrogens is 1. The summed E-state index contributed by atoms with van der Waals surface area (Å²) in [6.07, 6.45) is 1.66. The minimum absolute atomic E-state index is 0.0768. The molecule has 2 unspecified atom stereocenters. The number of carbonyl (C=O) groups excluding carboxylic acids is 2. The van der Waals surface area contributed by atoms with Gasteiger partial charge in [-0.1, -0.05) is 13.8 Å². The predicted molar refractivity (Wildman–Crippen MR) is 75.5 cm³/mol. The Labute approximate surface area is 122 Å². The third-order valence-electron chi connectivity index (χ3n) is 4.69. The quantitative estimate of drug-likeness (QED) is 0.524. The van der Waals surface area contributed by atoms with E-state index in [0.717, 1.165) is 5.56 Å². The lowest BCUT2D eigenvalue weighted by Crippen LogP contribution is -2.63. The van der Waals surface area contributed by atoms with Crippen molar-refractivity contribution in [3.05, 3.63) is 29.1 Å². The van der Waals surface area contributed by atoms with Crippen molar-refractivity contribution in [2.24, 2.45) is 11.8 Å². The maximum absolute atomic E-state index is 12.9. The minimum Gasteiger partial charge on any atom is -0.312 e. The average Bonchev–Trinajstić information content (AvgIpc) is 2.81. The summed E-state index contributed by atoms with van der Waals surface area (Å²) in [5, 5.41) is 2.82. The van der Waals surface area contributed by atoms with Crippen LogP contribution in [-0.2, 0) is 10.6 Å². The molecule has 7 heteroatoms. The summed E-state index contributed by atoms with van der Waals surface area (Å²) in [5.41, 5.74) is 3.41. The van der Waals surface area contributed by atoms with Crippen LogP contribution in [0.1, 0.15) is 42.4 Å². The van der Waals surface area contributed by atoms with Gasteiger partial charge in [-0.15, -0.1) is 0 Å². The molecule has 21 heavy (non-hydrogen) atoms.